The molecular formula is C21H22N2NdO2. The summed E-state index contributed by atoms with van der Waals surface area (Å²) in [4.78, 5) is 18.1. The van der Waals surface area contributed by atoms with E-state index in [0.717, 1.165) is 6.54 Å². The van der Waals surface area contributed by atoms with Gasteiger partial charge >= 0.3 is 0 Å². The Kier molecular flexibility index (Phi) is 3.45. The van der Waals surface area contributed by atoms with E-state index in [1.165, 1.54) is 30.6 Å². The smallest absolute Gasteiger partial charge is 0.229 e. The van der Waals surface area contributed by atoms with Crippen molar-refractivity contribution in [3.05, 3.63) is 41.5 Å². The number of nitrogens with zero attached hydrogens (tertiary/aromatic N) is 2. The van der Waals surface area contributed by atoms with E-state index in [4.69, 9.17) is 4.74 Å². The molecule has 0 aromatic heterocycles. The third-order valence-corrected chi connectivity index (χ3v) is 8.22. The molecule has 4 nitrogen and oxygen atoms in total. The summed E-state index contributed by atoms with van der Waals surface area (Å²) in [5, 5.41) is 0. The average Bonchev–Trinajstić information content (AvgIpc) is 3.10. The molecular weight excluding hydrogens is 456 g/mol. The van der Waals surface area contributed by atoms with Crippen molar-refractivity contribution >= 4 is 11.6 Å². The fourth-order valence-corrected chi connectivity index (χ4v) is 7.51. The molecule has 7 rings (SSSR count). The SMILES string of the molecule is O=C1C[C@@H]2OCC=C3CN4CC[C@]56c7ccccc7N1[C@H]5[C@H]2[C@H]3C[C@H]46.[Nd]. The number of carbonyl (C=O) groups is 1. The first-order chi connectivity index (χ1) is 12.3. The molecule has 1 saturated carbocycles. The average molecular weight is 479 g/mol. The Labute approximate surface area is 186 Å². The Morgan fingerprint density at radius 1 is 1.23 bits per heavy atom. The predicted molar refractivity (Wildman–Crippen MR) is 93.4 cm³/mol. The molecule has 3 saturated heterocycles. The molecule has 132 valence electrons. The summed E-state index contributed by atoms with van der Waals surface area (Å²) in [6.45, 7) is 2.97. The van der Waals surface area contributed by atoms with E-state index in [-0.39, 0.29) is 58.3 Å². The molecule has 1 aromatic rings. The Balaban J connectivity index is 0.00000137. The van der Waals surface area contributed by atoms with Crippen molar-refractivity contribution in [2.75, 3.05) is 24.6 Å². The van der Waals surface area contributed by atoms with Gasteiger partial charge in [0.2, 0.25) is 5.91 Å². The molecule has 26 heavy (non-hydrogen) atoms. The molecule has 0 unspecified atom stereocenters. The van der Waals surface area contributed by atoms with Crippen LogP contribution in [0.15, 0.2) is 35.9 Å². The second-order valence-corrected chi connectivity index (χ2v) is 8.78. The number of carbonyl (C=O) groups excluding carboxylic acids is 1. The molecule has 0 N–H and O–H groups in total. The van der Waals surface area contributed by atoms with Crippen molar-refractivity contribution in [3.63, 3.8) is 0 Å². The van der Waals surface area contributed by atoms with Crippen molar-refractivity contribution in [1.82, 2.24) is 4.90 Å². The number of rotatable bonds is 0. The number of ether oxygens (including phenoxy) is 1. The van der Waals surface area contributed by atoms with E-state index in [2.05, 4.69) is 40.1 Å². The van der Waals surface area contributed by atoms with Gasteiger partial charge in [-0.05, 0) is 36.9 Å². The Hall–Kier alpha value is -0.299. The molecule has 5 heteroatoms. The van der Waals surface area contributed by atoms with Gasteiger partial charge in [0.25, 0.3) is 0 Å². The number of benzene rings is 1. The first-order valence-corrected chi connectivity index (χ1v) is 9.75. The number of amides is 1. The molecule has 1 aliphatic carbocycles. The zero-order chi connectivity index (χ0) is 16.3. The minimum atomic E-state index is 0. The fraction of sp³-hybridized carbons (Fsp3) is 0.571. The first kappa shape index (κ1) is 16.6. The molecule has 4 fully saturated rings. The number of fused-ring (bicyclic) bond motifs is 2. The number of hydrogen-bond acceptors (Lipinski definition) is 3. The van der Waals surface area contributed by atoms with E-state index >= 15 is 0 Å². The predicted octanol–water partition coefficient (Wildman–Crippen LogP) is 2.09. The summed E-state index contributed by atoms with van der Waals surface area (Å²) in [5.41, 5.74) is 4.35. The van der Waals surface area contributed by atoms with Crippen LogP contribution in [0.4, 0.5) is 5.69 Å². The van der Waals surface area contributed by atoms with Gasteiger partial charge in [-0.1, -0.05) is 29.8 Å². The Morgan fingerprint density at radius 3 is 3.04 bits per heavy atom. The maximum Gasteiger partial charge on any atom is 0.229 e. The number of anilines is 1. The van der Waals surface area contributed by atoms with Crippen LogP contribution >= 0.6 is 0 Å². The molecule has 1 spiro atoms. The fourth-order valence-electron chi connectivity index (χ4n) is 7.51. The number of piperidine rings is 2. The Bertz CT molecular complexity index is 854. The van der Waals surface area contributed by atoms with Crippen LogP contribution in [-0.4, -0.2) is 48.7 Å². The molecule has 1 amide bonds. The second kappa shape index (κ2) is 5.40. The third-order valence-electron chi connectivity index (χ3n) is 8.22. The summed E-state index contributed by atoms with van der Waals surface area (Å²) >= 11 is 0. The minimum Gasteiger partial charge on any atom is -0.373 e. The van der Waals surface area contributed by atoms with Crippen LogP contribution < -0.4 is 4.90 Å². The van der Waals surface area contributed by atoms with Gasteiger partial charge in [0, 0.05) is 70.4 Å². The second-order valence-electron chi connectivity index (χ2n) is 8.78. The number of para-hydroxylation sites is 1. The zero-order valence-electron chi connectivity index (χ0n) is 14.7. The summed E-state index contributed by atoms with van der Waals surface area (Å²) < 4.78 is 6.25. The van der Waals surface area contributed by atoms with Gasteiger partial charge in [0.1, 0.15) is 0 Å². The summed E-state index contributed by atoms with van der Waals surface area (Å²) in [6.07, 6.45) is 5.43. The summed E-state index contributed by atoms with van der Waals surface area (Å²) in [5.74, 6) is 1.35. The summed E-state index contributed by atoms with van der Waals surface area (Å²) in [7, 11) is 0. The minimum absolute atomic E-state index is 0. The monoisotopic (exact) mass is 476 g/mol. The van der Waals surface area contributed by atoms with E-state index in [1.54, 1.807) is 5.57 Å². The van der Waals surface area contributed by atoms with Gasteiger partial charge in [0.05, 0.1) is 25.2 Å². The molecule has 6 aliphatic rings. The van der Waals surface area contributed by atoms with Crippen molar-refractivity contribution in [1.29, 1.82) is 0 Å². The van der Waals surface area contributed by atoms with E-state index in [1.807, 2.05) is 0 Å². The van der Waals surface area contributed by atoms with Crippen molar-refractivity contribution < 1.29 is 50.4 Å². The largest absolute Gasteiger partial charge is 0.373 e. The molecule has 5 aliphatic heterocycles. The van der Waals surface area contributed by atoms with E-state index in [0.29, 0.717) is 36.9 Å². The van der Waals surface area contributed by atoms with Crippen LogP contribution in [0.5, 0.6) is 0 Å². The Morgan fingerprint density at radius 2 is 2.12 bits per heavy atom. The molecule has 0 radical (unpaired) electrons. The van der Waals surface area contributed by atoms with E-state index in [9.17, 15) is 4.79 Å². The van der Waals surface area contributed by atoms with Gasteiger partial charge in [-0.3, -0.25) is 9.69 Å². The summed E-state index contributed by atoms with van der Waals surface area (Å²) in [6, 6.07) is 9.64. The van der Waals surface area contributed by atoms with Crippen molar-refractivity contribution in [2.24, 2.45) is 11.8 Å². The van der Waals surface area contributed by atoms with Gasteiger partial charge in [0.15, 0.2) is 0 Å². The topological polar surface area (TPSA) is 32.8 Å². The molecule has 1 aromatic carbocycles. The van der Waals surface area contributed by atoms with Crippen LogP contribution in [0.3, 0.4) is 0 Å². The van der Waals surface area contributed by atoms with Gasteiger partial charge < -0.3 is 9.64 Å². The number of hydrogen-bond donors (Lipinski definition) is 0. The van der Waals surface area contributed by atoms with E-state index < -0.39 is 0 Å². The zero-order valence-corrected chi connectivity index (χ0v) is 17.9. The first-order valence-electron chi connectivity index (χ1n) is 9.75. The van der Waals surface area contributed by atoms with Crippen molar-refractivity contribution in [3.8, 4) is 0 Å². The van der Waals surface area contributed by atoms with Gasteiger partial charge in [-0.2, -0.15) is 0 Å². The molecule has 6 atom stereocenters. The van der Waals surface area contributed by atoms with Gasteiger partial charge in [-0.25, -0.2) is 0 Å². The van der Waals surface area contributed by atoms with Gasteiger partial charge in [-0.15, -0.1) is 0 Å². The standard InChI is InChI=1S/C21H22N2O2.Nd/c24-18-10-16-19-13-9-17-21(6-7-22(17)11-12(13)5-8-25-16)14-3-1-2-4-15(14)23(18)20(19)21;/h1-5,13,16-17,19-20H,6-11H2;/t13-,16-,17-,19-,20-,21+;/m0./s1. The normalized spacial score (nSPS) is 44.2. The molecule has 5 heterocycles. The van der Waals surface area contributed by atoms with Crippen LogP contribution in [0.2, 0.25) is 0 Å². The maximum atomic E-state index is 13.2. The molecule has 2 bridgehead atoms. The van der Waals surface area contributed by atoms with Crippen LogP contribution in [-0.2, 0) is 14.9 Å². The maximum absolute atomic E-state index is 13.2. The van der Waals surface area contributed by atoms with Crippen LogP contribution in [0.1, 0.15) is 24.8 Å². The van der Waals surface area contributed by atoms with Crippen LogP contribution in [0.25, 0.3) is 0 Å². The quantitative estimate of drug-likeness (QED) is 0.536. The van der Waals surface area contributed by atoms with Crippen molar-refractivity contribution in [2.45, 2.75) is 42.9 Å². The third kappa shape index (κ3) is 1.70. The van der Waals surface area contributed by atoms with Crippen LogP contribution in [0, 0.1) is 52.7 Å².